The highest BCUT2D eigenvalue weighted by atomic mass is 16.7. The SMILES string of the molecule is CC1CC=Cc2c1c1c(B3OC(C)(C)C(C)(C)O3)cccc1n2-c1ccc(-c2ccccc2)cc1. The maximum atomic E-state index is 6.51. The molecule has 1 unspecified atom stereocenters. The van der Waals surface area contributed by atoms with Crippen molar-refractivity contribution in [1.29, 1.82) is 0 Å². The maximum absolute atomic E-state index is 6.51. The van der Waals surface area contributed by atoms with Gasteiger partial charge < -0.3 is 13.9 Å². The number of aromatic nitrogens is 1. The molecule has 0 spiro atoms. The van der Waals surface area contributed by atoms with E-state index >= 15 is 0 Å². The van der Waals surface area contributed by atoms with Gasteiger partial charge in [0.2, 0.25) is 0 Å². The molecule has 176 valence electrons. The summed E-state index contributed by atoms with van der Waals surface area (Å²) in [5.74, 6) is 0.422. The molecule has 1 fully saturated rings. The number of hydrogen-bond acceptors (Lipinski definition) is 2. The zero-order valence-corrected chi connectivity index (χ0v) is 21.2. The summed E-state index contributed by atoms with van der Waals surface area (Å²) in [7, 11) is -0.387. The Labute approximate surface area is 208 Å². The van der Waals surface area contributed by atoms with E-state index in [9.17, 15) is 0 Å². The Morgan fingerprint density at radius 2 is 1.46 bits per heavy atom. The highest BCUT2D eigenvalue weighted by Crippen LogP contribution is 2.41. The summed E-state index contributed by atoms with van der Waals surface area (Å²) in [5.41, 5.74) is 7.85. The highest BCUT2D eigenvalue weighted by molar-refractivity contribution is 6.65. The van der Waals surface area contributed by atoms with E-state index in [1.807, 2.05) is 0 Å². The van der Waals surface area contributed by atoms with Crippen LogP contribution in [0, 0.1) is 0 Å². The second-order valence-corrected chi connectivity index (χ2v) is 10.9. The molecule has 35 heavy (non-hydrogen) atoms. The van der Waals surface area contributed by atoms with Crippen molar-refractivity contribution in [1.82, 2.24) is 4.57 Å². The second kappa shape index (κ2) is 7.98. The average molecular weight is 461 g/mol. The topological polar surface area (TPSA) is 23.4 Å². The van der Waals surface area contributed by atoms with Crippen LogP contribution in [-0.2, 0) is 9.31 Å². The van der Waals surface area contributed by atoms with E-state index in [4.69, 9.17) is 9.31 Å². The van der Waals surface area contributed by atoms with Gasteiger partial charge in [0.05, 0.1) is 16.7 Å². The smallest absolute Gasteiger partial charge is 0.399 e. The number of rotatable bonds is 3. The van der Waals surface area contributed by atoms with Crippen molar-refractivity contribution in [3.05, 3.63) is 90.1 Å². The fraction of sp³-hybridized carbons (Fsp3) is 0.290. The van der Waals surface area contributed by atoms with Gasteiger partial charge in [0.15, 0.2) is 0 Å². The number of fused-ring (bicyclic) bond motifs is 3. The van der Waals surface area contributed by atoms with Crippen LogP contribution in [0.4, 0.5) is 0 Å². The zero-order valence-electron chi connectivity index (χ0n) is 21.2. The molecule has 1 aliphatic heterocycles. The molecule has 0 amide bonds. The van der Waals surface area contributed by atoms with Crippen LogP contribution < -0.4 is 5.46 Å². The van der Waals surface area contributed by atoms with Gasteiger partial charge in [0.25, 0.3) is 0 Å². The van der Waals surface area contributed by atoms with Crippen LogP contribution in [0.3, 0.4) is 0 Å². The van der Waals surface area contributed by atoms with Gasteiger partial charge in [-0.3, -0.25) is 0 Å². The van der Waals surface area contributed by atoms with Gasteiger partial charge in [-0.25, -0.2) is 0 Å². The standard InChI is InChI=1S/C31H32BNO2/c1-21-11-9-15-26-28(21)29-25(32-34-30(2,3)31(4,5)35-32)14-10-16-27(29)33(26)24-19-17-23(18-20-24)22-12-7-6-8-13-22/h6-10,12-21H,11H2,1-5H3. The van der Waals surface area contributed by atoms with Crippen molar-refractivity contribution in [2.45, 2.75) is 58.2 Å². The first kappa shape index (κ1) is 22.4. The predicted molar refractivity (Wildman–Crippen MR) is 146 cm³/mol. The van der Waals surface area contributed by atoms with Crippen LogP contribution in [0.25, 0.3) is 33.8 Å². The van der Waals surface area contributed by atoms with Crippen LogP contribution >= 0.6 is 0 Å². The fourth-order valence-corrected chi connectivity index (χ4v) is 5.46. The van der Waals surface area contributed by atoms with Crippen molar-refractivity contribution >= 4 is 29.6 Å². The van der Waals surface area contributed by atoms with Crippen LogP contribution in [0.2, 0.25) is 0 Å². The van der Waals surface area contributed by atoms with Crippen molar-refractivity contribution in [2.24, 2.45) is 0 Å². The van der Waals surface area contributed by atoms with Gasteiger partial charge in [-0.2, -0.15) is 0 Å². The van der Waals surface area contributed by atoms with Crippen LogP contribution in [0.5, 0.6) is 0 Å². The summed E-state index contributed by atoms with van der Waals surface area (Å²) < 4.78 is 15.4. The Hall–Kier alpha value is -3.08. The van der Waals surface area contributed by atoms with E-state index in [1.165, 1.54) is 39.0 Å². The summed E-state index contributed by atoms with van der Waals surface area (Å²) in [4.78, 5) is 0. The monoisotopic (exact) mass is 461 g/mol. The molecule has 0 bridgehead atoms. The Balaban J connectivity index is 1.53. The fourth-order valence-electron chi connectivity index (χ4n) is 5.46. The molecule has 2 aliphatic rings. The van der Waals surface area contributed by atoms with E-state index in [0.717, 1.165) is 11.9 Å². The lowest BCUT2D eigenvalue weighted by atomic mass is 9.74. The summed E-state index contributed by atoms with van der Waals surface area (Å²) in [5, 5.41) is 1.27. The average Bonchev–Trinajstić information content (AvgIpc) is 3.30. The Morgan fingerprint density at radius 3 is 2.14 bits per heavy atom. The van der Waals surface area contributed by atoms with Crippen molar-refractivity contribution in [3.8, 4) is 16.8 Å². The third kappa shape index (κ3) is 3.50. The molecule has 3 nitrogen and oxygen atoms in total. The minimum Gasteiger partial charge on any atom is -0.399 e. The molecule has 1 atom stereocenters. The lowest BCUT2D eigenvalue weighted by Crippen LogP contribution is -2.41. The van der Waals surface area contributed by atoms with Crippen LogP contribution in [0.1, 0.15) is 58.2 Å². The van der Waals surface area contributed by atoms with E-state index in [1.54, 1.807) is 0 Å². The lowest BCUT2D eigenvalue weighted by molar-refractivity contribution is 0.00578. The highest BCUT2D eigenvalue weighted by Gasteiger charge is 2.52. The van der Waals surface area contributed by atoms with Gasteiger partial charge >= 0.3 is 7.12 Å². The van der Waals surface area contributed by atoms with E-state index in [0.29, 0.717) is 5.92 Å². The number of nitrogens with zero attached hydrogens (tertiary/aromatic N) is 1. The lowest BCUT2D eigenvalue weighted by Gasteiger charge is -2.32. The first-order valence-corrected chi connectivity index (χ1v) is 12.6. The molecule has 1 aromatic heterocycles. The number of allylic oxidation sites excluding steroid dienone is 1. The third-order valence-corrected chi connectivity index (χ3v) is 8.10. The minimum atomic E-state index is -0.387. The molecule has 2 heterocycles. The summed E-state index contributed by atoms with van der Waals surface area (Å²) >= 11 is 0. The van der Waals surface area contributed by atoms with Gasteiger partial charge in [-0.1, -0.05) is 67.6 Å². The van der Waals surface area contributed by atoms with Gasteiger partial charge in [-0.15, -0.1) is 0 Å². The van der Waals surface area contributed by atoms with Crippen molar-refractivity contribution in [3.63, 3.8) is 0 Å². The molecule has 0 saturated carbocycles. The molecular formula is C31H32BNO2. The molecule has 4 aromatic rings. The Kier molecular flexibility index (Phi) is 5.10. The third-order valence-electron chi connectivity index (χ3n) is 8.10. The van der Waals surface area contributed by atoms with Crippen LogP contribution in [0.15, 0.2) is 78.9 Å². The minimum absolute atomic E-state index is 0.374. The normalized spacial score (nSPS) is 20.4. The van der Waals surface area contributed by atoms with Crippen LogP contribution in [-0.4, -0.2) is 22.9 Å². The largest absolute Gasteiger partial charge is 0.495 e. The predicted octanol–water partition coefficient (Wildman–Crippen LogP) is 7.12. The first-order valence-electron chi connectivity index (χ1n) is 12.6. The zero-order chi connectivity index (χ0) is 24.4. The second-order valence-electron chi connectivity index (χ2n) is 10.9. The first-order chi connectivity index (χ1) is 16.8. The Bertz CT molecular complexity index is 1410. The molecule has 6 rings (SSSR count). The summed E-state index contributed by atoms with van der Waals surface area (Å²) in [6.45, 7) is 10.8. The molecule has 0 N–H and O–H groups in total. The van der Waals surface area contributed by atoms with Crippen molar-refractivity contribution in [2.75, 3.05) is 0 Å². The van der Waals surface area contributed by atoms with Gasteiger partial charge in [0, 0.05) is 16.8 Å². The molecule has 1 aliphatic carbocycles. The molecule has 4 heteroatoms. The number of benzene rings is 3. The molecule has 0 radical (unpaired) electrons. The van der Waals surface area contributed by atoms with Gasteiger partial charge in [0.1, 0.15) is 0 Å². The summed E-state index contributed by atoms with van der Waals surface area (Å²) in [6.07, 6.45) is 5.63. The van der Waals surface area contributed by atoms with E-state index in [-0.39, 0.29) is 18.3 Å². The maximum Gasteiger partial charge on any atom is 0.495 e. The summed E-state index contributed by atoms with van der Waals surface area (Å²) in [6, 6.07) is 26.0. The quantitative estimate of drug-likeness (QED) is 0.303. The van der Waals surface area contributed by atoms with Gasteiger partial charge in [-0.05, 0) is 86.5 Å². The molecular weight excluding hydrogens is 429 g/mol. The van der Waals surface area contributed by atoms with E-state index < -0.39 is 0 Å². The number of hydrogen-bond donors (Lipinski definition) is 0. The van der Waals surface area contributed by atoms with E-state index in [2.05, 4.69) is 124 Å². The Morgan fingerprint density at radius 1 is 0.800 bits per heavy atom. The van der Waals surface area contributed by atoms with Crippen molar-refractivity contribution < 1.29 is 9.31 Å². The molecule has 1 saturated heterocycles. The molecule has 3 aromatic carbocycles.